The highest BCUT2D eigenvalue weighted by Crippen LogP contribution is 2.30. The number of nitrogens with zero attached hydrogens (tertiary/aromatic N) is 6. The molecule has 0 saturated carbocycles. The van der Waals surface area contributed by atoms with Gasteiger partial charge >= 0.3 is 5.97 Å². The van der Waals surface area contributed by atoms with Crippen molar-refractivity contribution in [3.8, 4) is 22.5 Å². The smallest absolute Gasteiger partial charge is 0.336 e. The largest absolute Gasteiger partial charge is 0.478 e. The van der Waals surface area contributed by atoms with Gasteiger partial charge in [-0.05, 0) is 54.3 Å². The molecule has 0 radical (unpaired) electrons. The summed E-state index contributed by atoms with van der Waals surface area (Å²) in [6.07, 6.45) is 5.35. The number of benzene rings is 2. The Balaban J connectivity index is 1.59. The Morgan fingerprint density at radius 1 is 0.838 bits per heavy atom. The maximum atomic E-state index is 12.1. The van der Waals surface area contributed by atoms with E-state index in [0.717, 1.165) is 35.3 Å². The molecule has 0 fully saturated rings. The molecule has 1 N–H and O–H groups in total. The summed E-state index contributed by atoms with van der Waals surface area (Å²) in [6.45, 7) is 1.29. The third-order valence-corrected chi connectivity index (χ3v) is 6.45. The number of aliphatic imine (C=N–C) groups is 1. The molecule has 0 aliphatic carbocycles. The van der Waals surface area contributed by atoms with Crippen LogP contribution in [0.3, 0.4) is 0 Å². The summed E-state index contributed by atoms with van der Waals surface area (Å²) in [4.78, 5) is 28.1. The van der Waals surface area contributed by atoms with Crippen LogP contribution in [0.15, 0.2) is 96.2 Å². The number of carboxylic acids is 1. The zero-order valence-corrected chi connectivity index (χ0v) is 20.0. The predicted octanol–water partition coefficient (Wildman–Crippen LogP) is 5.20. The van der Waals surface area contributed by atoms with Crippen molar-refractivity contribution in [3.05, 3.63) is 102 Å². The Morgan fingerprint density at radius 3 is 2.43 bits per heavy atom. The highest BCUT2D eigenvalue weighted by molar-refractivity contribution is 6.15. The molecule has 5 aromatic rings. The Kier molecular flexibility index (Phi) is 5.90. The van der Waals surface area contributed by atoms with Gasteiger partial charge in [-0.1, -0.05) is 48.5 Å². The topological polar surface area (TPSA) is 96.0 Å². The van der Waals surface area contributed by atoms with Crippen molar-refractivity contribution < 1.29 is 9.90 Å². The molecule has 0 unspecified atom stereocenters. The lowest BCUT2D eigenvalue weighted by molar-refractivity contribution is 0.0696. The minimum absolute atomic E-state index is 0.221. The number of aromatic carboxylic acids is 1. The fourth-order valence-corrected chi connectivity index (χ4v) is 4.66. The normalized spacial score (nSPS) is 13.8. The molecule has 0 atom stereocenters. The van der Waals surface area contributed by atoms with Gasteiger partial charge in [0, 0.05) is 36.6 Å². The summed E-state index contributed by atoms with van der Waals surface area (Å²) in [7, 11) is 0. The third-order valence-electron chi connectivity index (χ3n) is 6.45. The van der Waals surface area contributed by atoms with Gasteiger partial charge in [-0.2, -0.15) is 4.52 Å². The molecule has 2 aromatic carbocycles. The fourth-order valence-electron chi connectivity index (χ4n) is 4.66. The first-order valence-corrected chi connectivity index (χ1v) is 12.2. The molecule has 1 aliphatic rings. The minimum Gasteiger partial charge on any atom is -0.478 e. The van der Waals surface area contributed by atoms with Crippen molar-refractivity contribution in [2.45, 2.75) is 12.8 Å². The lowest BCUT2D eigenvalue weighted by atomic mass is 10.0. The molecule has 3 aromatic heterocycles. The summed E-state index contributed by atoms with van der Waals surface area (Å²) in [5.74, 6) is 1.04. The Labute approximate surface area is 213 Å². The van der Waals surface area contributed by atoms with E-state index in [9.17, 15) is 9.90 Å². The number of aromatic nitrogens is 4. The van der Waals surface area contributed by atoms with Crippen molar-refractivity contribution in [1.29, 1.82) is 0 Å². The number of fused-ring (bicyclic) bond motifs is 1. The second-order valence-electron chi connectivity index (χ2n) is 8.82. The molecule has 37 heavy (non-hydrogen) atoms. The molecule has 4 heterocycles. The standard InChI is InChI=1S/C29H24N6O2/c36-29(37)24-11-5-4-10-23(24)28-31-14-6-7-17-34(28)26-19-22(20-12-15-30-16-13-20)18-25-32-27(33-35(25)26)21-8-2-1-3-9-21/h1-5,8-13,15-16,18-19H,6-7,14,17H2,(H,36,37). The third kappa shape index (κ3) is 4.33. The van der Waals surface area contributed by atoms with Crippen molar-refractivity contribution >= 4 is 23.3 Å². The van der Waals surface area contributed by atoms with Crippen LogP contribution in [0.4, 0.5) is 5.82 Å². The van der Waals surface area contributed by atoms with Gasteiger partial charge in [0.1, 0.15) is 11.7 Å². The predicted molar refractivity (Wildman–Crippen MR) is 143 cm³/mol. The van der Waals surface area contributed by atoms with Gasteiger partial charge in [0.05, 0.1) is 5.56 Å². The van der Waals surface area contributed by atoms with Crippen LogP contribution in [-0.2, 0) is 0 Å². The summed E-state index contributed by atoms with van der Waals surface area (Å²) in [5.41, 5.74) is 4.39. The van der Waals surface area contributed by atoms with Gasteiger partial charge in [0.2, 0.25) is 0 Å². The van der Waals surface area contributed by atoms with Crippen LogP contribution in [0.25, 0.3) is 28.2 Å². The quantitative estimate of drug-likeness (QED) is 0.365. The molecule has 0 bridgehead atoms. The van der Waals surface area contributed by atoms with E-state index in [0.29, 0.717) is 36.0 Å². The summed E-state index contributed by atoms with van der Waals surface area (Å²) < 4.78 is 1.83. The summed E-state index contributed by atoms with van der Waals surface area (Å²) in [5, 5.41) is 14.8. The minimum atomic E-state index is -0.981. The molecular weight excluding hydrogens is 464 g/mol. The average Bonchev–Trinajstić information content (AvgIpc) is 3.24. The Bertz CT molecular complexity index is 1610. The number of anilines is 1. The van der Waals surface area contributed by atoms with Crippen molar-refractivity contribution in [2.24, 2.45) is 4.99 Å². The van der Waals surface area contributed by atoms with Gasteiger partial charge in [0.15, 0.2) is 11.5 Å². The monoisotopic (exact) mass is 488 g/mol. The lowest BCUT2D eigenvalue weighted by Gasteiger charge is -2.26. The first-order valence-electron chi connectivity index (χ1n) is 12.2. The maximum absolute atomic E-state index is 12.1. The zero-order valence-electron chi connectivity index (χ0n) is 20.0. The molecule has 182 valence electrons. The van der Waals surface area contributed by atoms with Crippen LogP contribution in [0.1, 0.15) is 28.8 Å². The van der Waals surface area contributed by atoms with E-state index in [4.69, 9.17) is 15.1 Å². The fraction of sp³-hybridized carbons (Fsp3) is 0.138. The van der Waals surface area contributed by atoms with E-state index in [1.807, 2.05) is 65.2 Å². The average molecular weight is 489 g/mol. The molecule has 0 amide bonds. The van der Waals surface area contributed by atoms with Gasteiger partial charge in [-0.15, -0.1) is 5.10 Å². The van der Waals surface area contributed by atoms with Crippen LogP contribution in [0.5, 0.6) is 0 Å². The van der Waals surface area contributed by atoms with E-state index in [1.54, 1.807) is 24.5 Å². The number of rotatable bonds is 5. The second-order valence-corrected chi connectivity index (χ2v) is 8.82. The number of carboxylic acid groups (broad SMARTS) is 1. The molecular formula is C29H24N6O2. The highest BCUT2D eigenvalue weighted by atomic mass is 16.4. The van der Waals surface area contributed by atoms with Crippen LogP contribution in [0, 0.1) is 0 Å². The zero-order chi connectivity index (χ0) is 25.2. The molecule has 8 heteroatoms. The van der Waals surface area contributed by atoms with E-state index in [-0.39, 0.29) is 5.56 Å². The Morgan fingerprint density at radius 2 is 1.62 bits per heavy atom. The summed E-state index contributed by atoms with van der Waals surface area (Å²) in [6, 6.07) is 24.9. The number of hydrogen-bond acceptors (Lipinski definition) is 6. The van der Waals surface area contributed by atoms with Crippen LogP contribution < -0.4 is 4.90 Å². The first kappa shape index (κ1) is 22.6. The van der Waals surface area contributed by atoms with Gasteiger partial charge in [0.25, 0.3) is 0 Å². The first-order chi connectivity index (χ1) is 18.2. The molecule has 6 rings (SSSR count). The number of pyridine rings is 2. The van der Waals surface area contributed by atoms with Crippen LogP contribution in [0.2, 0.25) is 0 Å². The van der Waals surface area contributed by atoms with Crippen molar-refractivity contribution in [1.82, 2.24) is 19.6 Å². The van der Waals surface area contributed by atoms with E-state index in [1.165, 1.54) is 0 Å². The number of amidine groups is 1. The van der Waals surface area contributed by atoms with Gasteiger partial charge in [-0.3, -0.25) is 9.98 Å². The lowest BCUT2D eigenvalue weighted by Crippen LogP contribution is -2.34. The van der Waals surface area contributed by atoms with Gasteiger partial charge < -0.3 is 10.0 Å². The number of carbonyl (C=O) groups is 1. The van der Waals surface area contributed by atoms with E-state index < -0.39 is 5.97 Å². The SMILES string of the molecule is O=C(O)c1ccccc1C1=NCCCCN1c1cc(-c2ccncc2)cc2nc(-c3ccccc3)nn12. The van der Waals surface area contributed by atoms with Crippen LogP contribution >= 0.6 is 0 Å². The molecule has 1 aliphatic heterocycles. The molecule has 0 spiro atoms. The highest BCUT2D eigenvalue weighted by Gasteiger charge is 2.25. The van der Waals surface area contributed by atoms with Crippen molar-refractivity contribution in [3.63, 3.8) is 0 Å². The number of hydrogen-bond donors (Lipinski definition) is 1. The van der Waals surface area contributed by atoms with E-state index >= 15 is 0 Å². The van der Waals surface area contributed by atoms with Crippen molar-refractivity contribution in [2.75, 3.05) is 18.0 Å². The van der Waals surface area contributed by atoms with Crippen LogP contribution in [-0.4, -0.2) is 49.6 Å². The molecule has 0 saturated heterocycles. The molecule has 8 nitrogen and oxygen atoms in total. The Hall–Kier alpha value is -4.85. The second kappa shape index (κ2) is 9.66. The maximum Gasteiger partial charge on any atom is 0.336 e. The summed E-state index contributed by atoms with van der Waals surface area (Å²) >= 11 is 0. The van der Waals surface area contributed by atoms with Gasteiger partial charge in [-0.25, -0.2) is 9.78 Å². The van der Waals surface area contributed by atoms with E-state index in [2.05, 4.69) is 16.0 Å².